The summed E-state index contributed by atoms with van der Waals surface area (Å²) in [6, 6.07) is 5.04. The topological polar surface area (TPSA) is 101 Å². The first-order valence-electron chi connectivity index (χ1n) is 7.16. The third-order valence-corrected chi connectivity index (χ3v) is 5.03. The molecule has 0 aliphatic heterocycles. The smallest absolute Gasteiger partial charge is 0.243 e. The summed E-state index contributed by atoms with van der Waals surface area (Å²) in [5.74, 6) is -0.623. The van der Waals surface area contributed by atoms with Crippen molar-refractivity contribution in [2.24, 2.45) is 11.7 Å². The van der Waals surface area contributed by atoms with Gasteiger partial charge in [0.1, 0.15) is 10.7 Å². The molecule has 1 unspecified atom stereocenters. The number of rotatable bonds is 8. The number of nitrogens with two attached hydrogens (primary N) is 1. The first kappa shape index (κ1) is 16.9. The number of carbonyl (C=O) groups is 1. The maximum atomic E-state index is 13.4. The highest BCUT2D eigenvalue weighted by molar-refractivity contribution is 7.89. The Bertz CT molecular complexity index is 632. The van der Waals surface area contributed by atoms with Crippen molar-refractivity contribution in [1.29, 1.82) is 0 Å². The number of carbonyl (C=O) groups excluding carboxylic acids is 1. The lowest BCUT2D eigenvalue weighted by Crippen LogP contribution is -2.39. The van der Waals surface area contributed by atoms with Gasteiger partial charge in [0.2, 0.25) is 15.9 Å². The molecule has 0 heterocycles. The van der Waals surface area contributed by atoms with E-state index in [1.807, 2.05) is 0 Å². The van der Waals surface area contributed by atoms with Gasteiger partial charge in [-0.25, -0.2) is 17.5 Å². The Morgan fingerprint density at radius 3 is 2.68 bits per heavy atom. The van der Waals surface area contributed by atoms with E-state index in [1.165, 1.54) is 18.2 Å². The number of nitrogens with one attached hydrogen (secondary N) is 2. The van der Waals surface area contributed by atoms with Crippen LogP contribution in [0.5, 0.6) is 0 Å². The van der Waals surface area contributed by atoms with Crippen LogP contribution in [0.1, 0.15) is 19.3 Å². The minimum Gasteiger partial charge on any atom is -0.354 e. The molecule has 8 heteroatoms. The van der Waals surface area contributed by atoms with Gasteiger partial charge in [-0.15, -0.1) is 0 Å². The Labute approximate surface area is 129 Å². The Balaban J connectivity index is 1.75. The van der Waals surface area contributed by atoms with Crippen LogP contribution >= 0.6 is 0 Å². The molecule has 1 aromatic carbocycles. The fourth-order valence-corrected chi connectivity index (χ4v) is 3.16. The van der Waals surface area contributed by atoms with Crippen LogP contribution in [0, 0.1) is 11.7 Å². The Hall–Kier alpha value is -1.51. The minimum absolute atomic E-state index is 0.0227. The molecule has 1 aliphatic carbocycles. The van der Waals surface area contributed by atoms with Gasteiger partial charge in [-0.3, -0.25) is 4.79 Å². The van der Waals surface area contributed by atoms with Gasteiger partial charge in [0.05, 0.1) is 0 Å². The molecule has 1 atom stereocenters. The van der Waals surface area contributed by atoms with E-state index in [-0.39, 0.29) is 24.9 Å². The fraction of sp³-hybridized carbons (Fsp3) is 0.500. The number of hydrogen-bond acceptors (Lipinski definition) is 4. The van der Waals surface area contributed by atoms with E-state index in [1.54, 1.807) is 0 Å². The van der Waals surface area contributed by atoms with Gasteiger partial charge < -0.3 is 11.1 Å². The quantitative estimate of drug-likeness (QED) is 0.640. The zero-order valence-corrected chi connectivity index (χ0v) is 12.9. The van der Waals surface area contributed by atoms with Crippen molar-refractivity contribution >= 4 is 15.9 Å². The van der Waals surface area contributed by atoms with E-state index < -0.39 is 20.7 Å². The van der Waals surface area contributed by atoms with Gasteiger partial charge in [-0.1, -0.05) is 12.1 Å². The highest BCUT2D eigenvalue weighted by Gasteiger charge is 2.28. The van der Waals surface area contributed by atoms with Crippen molar-refractivity contribution in [3.05, 3.63) is 30.1 Å². The summed E-state index contributed by atoms with van der Waals surface area (Å²) in [4.78, 5) is 11.2. The summed E-state index contributed by atoms with van der Waals surface area (Å²) >= 11 is 0. The molecular weight excluding hydrogens is 309 g/mol. The van der Waals surface area contributed by atoms with Crippen molar-refractivity contribution in [2.45, 2.75) is 30.2 Å². The monoisotopic (exact) mass is 329 g/mol. The van der Waals surface area contributed by atoms with Gasteiger partial charge in [0, 0.05) is 25.6 Å². The summed E-state index contributed by atoms with van der Waals surface area (Å²) in [5.41, 5.74) is 5.85. The molecule has 1 saturated carbocycles. The molecule has 2 rings (SSSR count). The summed E-state index contributed by atoms with van der Waals surface area (Å²) in [5, 5.41) is 2.67. The molecule has 1 amide bonds. The molecule has 0 aromatic heterocycles. The predicted molar refractivity (Wildman–Crippen MR) is 79.9 cm³/mol. The van der Waals surface area contributed by atoms with E-state index in [4.69, 9.17) is 5.73 Å². The average molecular weight is 329 g/mol. The van der Waals surface area contributed by atoms with Crippen molar-refractivity contribution in [1.82, 2.24) is 10.0 Å². The first-order valence-corrected chi connectivity index (χ1v) is 8.65. The molecule has 122 valence electrons. The third-order valence-electron chi connectivity index (χ3n) is 3.53. The molecular formula is C14H20FN3O3S. The molecule has 4 N–H and O–H groups in total. The normalized spacial score (nSPS) is 16.3. The summed E-state index contributed by atoms with van der Waals surface area (Å²) in [6.07, 6.45) is 2.17. The lowest BCUT2D eigenvalue weighted by Gasteiger charge is -2.12. The zero-order valence-electron chi connectivity index (χ0n) is 12.1. The molecule has 1 aliphatic rings. The highest BCUT2D eigenvalue weighted by Crippen LogP contribution is 2.31. The highest BCUT2D eigenvalue weighted by atomic mass is 32.2. The van der Waals surface area contributed by atoms with Crippen molar-refractivity contribution in [3.8, 4) is 0 Å². The van der Waals surface area contributed by atoms with E-state index in [0.29, 0.717) is 12.5 Å². The van der Waals surface area contributed by atoms with E-state index in [2.05, 4.69) is 10.0 Å². The van der Waals surface area contributed by atoms with E-state index in [9.17, 15) is 17.6 Å². The SMILES string of the molecule is NC(CNC(=O)CCNS(=O)(=O)c1ccccc1F)C1CC1. The Morgan fingerprint density at radius 1 is 1.36 bits per heavy atom. The van der Waals surface area contributed by atoms with Gasteiger partial charge in [-0.05, 0) is 30.9 Å². The first-order chi connectivity index (χ1) is 10.4. The van der Waals surface area contributed by atoms with Crippen LogP contribution in [-0.2, 0) is 14.8 Å². The molecule has 1 fully saturated rings. The van der Waals surface area contributed by atoms with Crippen LogP contribution in [-0.4, -0.2) is 33.5 Å². The van der Waals surface area contributed by atoms with Crippen LogP contribution in [0.2, 0.25) is 0 Å². The van der Waals surface area contributed by atoms with Crippen LogP contribution in [0.25, 0.3) is 0 Å². The van der Waals surface area contributed by atoms with Crippen molar-refractivity contribution in [3.63, 3.8) is 0 Å². The molecule has 0 saturated heterocycles. The molecule has 22 heavy (non-hydrogen) atoms. The number of sulfonamides is 1. The molecule has 6 nitrogen and oxygen atoms in total. The van der Waals surface area contributed by atoms with Crippen LogP contribution in [0.3, 0.4) is 0 Å². The number of hydrogen-bond donors (Lipinski definition) is 3. The number of halogens is 1. The second-order valence-electron chi connectivity index (χ2n) is 5.38. The van der Waals surface area contributed by atoms with Gasteiger partial charge in [0.25, 0.3) is 0 Å². The van der Waals surface area contributed by atoms with E-state index >= 15 is 0 Å². The number of amides is 1. The lowest BCUT2D eigenvalue weighted by molar-refractivity contribution is -0.121. The van der Waals surface area contributed by atoms with Gasteiger partial charge in [-0.2, -0.15) is 0 Å². The predicted octanol–water partition coefficient (Wildman–Crippen LogP) is 0.348. The third kappa shape index (κ3) is 4.75. The number of benzene rings is 1. The second kappa shape index (κ2) is 7.17. The van der Waals surface area contributed by atoms with Crippen molar-refractivity contribution in [2.75, 3.05) is 13.1 Å². The minimum atomic E-state index is -3.95. The maximum absolute atomic E-state index is 13.4. The molecule has 0 bridgehead atoms. The fourth-order valence-electron chi connectivity index (χ4n) is 2.05. The van der Waals surface area contributed by atoms with Crippen LogP contribution in [0.4, 0.5) is 4.39 Å². The van der Waals surface area contributed by atoms with Crippen LogP contribution < -0.4 is 15.8 Å². The van der Waals surface area contributed by atoms with Gasteiger partial charge in [0.15, 0.2) is 0 Å². The van der Waals surface area contributed by atoms with Crippen LogP contribution in [0.15, 0.2) is 29.2 Å². The van der Waals surface area contributed by atoms with Gasteiger partial charge >= 0.3 is 0 Å². The maximum Gasteiger partial charge on any atom is 0.243 e. The summed E-state index contributed by atoms with van der Waals surface area (Å²) in [7, 11) is -3.95. The average Bonchev–Trinajstić information content (AvgIpc) is 3.29. The Kier molecular flexibility index (Phi) is 5.49. The molecule has 0 radical (unpaired) electrons. The lowest BCUT2D eigenvalue weighted by atomic mass is 10.2. The Morgan fingerprint density at radius 2 is 2.05 bits per heavy atom. The standard InChI is InChI=1S/C14H20FN3O3S/c15-11-3-1-2-4-13(11)22(20,21)18-8-7-14(19)17-9-12(16)10-5-6-10/h1-4,10,12,18H,5-9,16H2,(H,17,19). The van der Waals surface area contributed by atoms with Crippen molar-refractivity contribution < 1.29 is 17.6 Å². The summed E-state index contributed by atoms with van der Waals surface area (Å²) in [6.45, 7) is 0.296. The summed E-state index contributed by atoms with van der Waals surface area (Å²) < 4.78 is 39.5. The molecule has 1 aromatic rings. The molecule has 0 spiro atoms. The largest absolute Gasteiger partial charge is 0.354 e. The second-order valence-corrected chi connectivity index (χ2v) is 7.12. The van der Waals surface area contributed by atoms with E-state index in [0.717, 1.165) is 18.9 Å². The zero-order chi connectivity index (χ0) is 16.2.